The van der Waals surface area contributed by atoms with Crippen LogP contribution in [0.1, 0.15) is 29.3 Å². The minimum Gasteiger partial charge on any atom is -0.354 e. The summed E-state index contributed by atoms with van der Waals surface area (Å²) >= 11 is 0. The molecular weight excluding hydrogens is 264 g/mol. The Morgan fingerprint density at radius 3 is 2.81 bits per heavy atom. The molecule has 0 bridgehead atoms. The Hall–Kier alpha value is -2.43. The van der Waals surface area contributed by atoms with Crippen LogP contribution in [0.25, 0.3) is 0 Å². The zero-order valence-corrected chi connectivity index (χ0v) is 12.0. The Morgan fingerprint density at radius 2 is 2.05 bits per heavy atom. The van der Waals surface area contributed by atoms with E-state index in [1.54, 1.807) is 17.3 Å². The first kappa shape index (κ1) is 13.5. The first-order chi connectivity index (χ1) is 10.3. The van der Waals surface area contributed by atoms with Crippen molar-refractivity contribution in [3.63, 3.8) is 0 Å². The molecular formula is C16H18N4O. The summed E-state index contributed by atoms with van der Waals surface area (Å²) in [5, 5.41) is 3.10. The van der Waals surface area contributed by atoms with E-state index in [-0.39, 0.29) is 5.91 Å². The lowest BCUT2D eigenvalue weighted by Crippen LogP contribution is -2.29. The van der Waals surface area contributed by atoms with E-state index in [2.05, 4.69) is 28.3 Å². The molecule has 21 heavy (non-hydrogen) atoms. The van der Waals surface area contributed by atoms with Crippen molar-refractivity contribution in [1.29, 1.82) is 0 Å². The Morgan fingerprint density at radius 1 is 1.29 bits per heavy atom. The van der Waals surface area contributed by atoms with Crippen LogP contribution in [0.15, 0.2) is 36.7 Å². The highest BCUT2D eigenvalue weighted by Crippen LogP contribution is 2.28. The highest BCUT2D eigenvalue weighted by molar-refractivity contribution is 6.06. The number of hydrogen-bond donors (Lipinski definition) is 1. The number of rotatable bonds is 4. The fourth-order valence-electron chi connectivity index (χ4n) is 2.47. The van der Waals surface area contributed by atoms with Gasteiger partial charge in [-0.05, 0) is 24.5 Å². The molecule has 5 heteroatoms. The maximum atomic E-state index is 12.6. The SMILES string of the molecule is CCCNc1ncc(C(=O)N2CCc3ccccc32)cn1. The van der Waals surface area contributed by atoms with E-state index < -0.39 is 0 Å². The van der Waals surface area contributed by atoms with E-state index in [4.69, 9.17) is 0 Å². The Balaban J connectivity index is 1.77. The monoisotopic (exact) mass is 282 g/mol. The minimum atomic E-state index is -0.0398. The summed E-state index contributed by atoms with van der Waals surface area (Å²) in [5.74, 6) is 0.525. The molecule has 0 radical (unpaired) electrons. The Bertz CT molecular complexity index is 639. The van der Waals surface area contributed by atoms with Crippen molar-refractivity contribution in [2.75, 3.05) is 23.3 Å². The van der Waals surface area contributed by atoms with Crippen LogP contribution < -0.4 is 10.2 Å². The third-order valence-corrected chi connectivity index (χ3v) is 3.56. The third kappa shape index (κ3) is 2.72. The van der Waals surface area contributed by atoms with Gasteiger partial charge in [-0.25, -0.2) is 9.97 Å². The molecule has 3 rings (SSSR count). The van der Waals surface area contributed by atoms with Crippen LogP contribution in [-0.4, -0.2) is 29.0 Å². The van der Waals surface area contributed by atoms with Gasteiger partial charge in [0.05, 0.1) is 5.56 Å². The number of anilines is 2. The number of amides is 1. The number of nitrogens with zero attached hydrogens (tertiary/aromatic N) is 3. The molecule has 0 saturated heterocycles. The molecule has 0 spiro atoms. The lowest BCUT2D eigenvalue weighted by atomic mass is 10.2. The zero-order chi connectivity index (χ0) is 14.7. The first-order valence-corrected chi connectivity index (χ1v) is 7.25. The highest BCUT2D eigenvalue weighted by Gasteiger charge is 2.25. The molecule has 0 unspecified atom stereocenters. The number of aromatic nitrogens is 2. The molecule has 0 fully saturated rings. The van der Waals surface area contributed by atoms with E-state index in [1.807, 2.05) is 18.2 Å². The van der Waals surface area contributed by atoms with Crippen LogP contribution in [-0.2, 0) is 6.42 Å². The standard InChI is InChI=1S/C16H18N4O/c1-2-8-17-16-18-10-13(11-19-16)15(21)20-9-7-12-5-3-4-6-14(12)20/h3-6,10-11H,2,7-9H2,1H3,(H,17,18,19). The van der Waals surface area contributed by atoms with E-state index in [1.165, 1.54) is 5.56 Å². The van der Waals surface area contributed by atoms with E-state index in [9.17, 15) is 4.79 Å². The summed E-state index contributed by atoms with van der Waals surface area (Å²) in [6, 6.07) is 8.01. The van der Waals surface area contributed by atoms with Crippen molar-refractivity contribution >= 4 is 17.5 Å². The lowest BCUT2D eigenvalue weighted by Gasteiger charge is -2.17. The average molecular weight is 282 g/mol. The van der Waals surface area contributed by atoms with Crippen LogP contribution in [0, 0.1) is 0 Å². The van der Waals surface area contributed by atoms with Crippen LogP contribution in [0.2, 0.25) is 0 Å². The van der Waals surface area contributed by atoms with Crippen molar-refractivity contribution < 1.29 is 4.79 Å². The molecule has 1 amide bonds. The molecule has 1 aliphatic heterocycles. The Kier molecular flexibility index (Phi) is 3.81. The normalized spacial score (nSPS) is 13.1. The smallest absolute Gasteiger partial charge is 0.261 e. The third-order valence-electron chi connectivity index (χ3n) is 3.56. The molecule has 2 aromatic rings. The predicted octanol–water partition coefficient (Wildman–Crippen LogP) is 2.50. The largest absolute Gasteiger partial charge is 0.354 e. The van der Waals surface area contributed by atoms with Gasteiger partial charge in [-0.1, -0.05) is 25.1 Å². The Labute approximate surface area is 124 Å². The number of carbonyl (C=O) groups is 1. The second kappa shape index (κ2) is 5.91. The van der Waals surface area contributed by atoms with E-state index >= 15 is 0 Å². The van der Waals surface area contributed by atoms with Gasteiger partial charge in [0.25, 0.3) is 5.91 Å². The number of para-hydroxylation sites is 1. The molecule has 1 aromatic heterocycles. The van der Waals surface area contributed by atoms with Gasteiger partial charge in [-0.3, -0.25) is 4.79 Å². The summed E-state index contributed by atoms with van der Waals surface area (Å²) in [5.41, 5.74) is 2.73. The van der Waals surface area contributed by atoms with Gasteiger partial charge >= 0.3 is 0 Å². The number of hydrogen-bond acceptors (Lipinski definition) is 4. The fourth-order valence-corrected chi connectivity index (χ4v) is 2.47. The molecule has 1 aliphatic rings. The summed E-state index contributed by atoms with van der Waals surface area (Å²) < 4.78 is 0. The van der Waals surface area contributed by atoms with Crippen molar-refractivity contribution in [3.8, 4) is 0 Å². The van der Waals surface area contributed by atoms with Gasteiger partial charge in [-0.15, -0.1) is 0 Å². The topological polar surface area (TPSA) is 58.1 Å². The number of nitrogens with one attached hydrogen (secondary N) is 1. The van der Waals surface area contributed by atoms with Gasteiger partial charge < -0.3 is 10.2 Å². The second-order valence-corrected chi connectivity index (χ2v) is 5.06. The van der Waals surface area contributed by atoms with Gasteiger partial charge in [0.15, 0.2) is 0 Å². The summed E-state index contributed by atoms with van der Waals surface area (Å²) in [6.07, 6.45) is 5.09. The van der Waals surface area contributed by atoms with E-state index in [0.29, 0.717) is 18.1 Å². The maximum Gasteiger partial charge on any atom is 0.261 e. The van der Waals surface area contributed by atoms with Crippen molar-refractivity contribution in [3.05, 3.63) is 47.8 Å². The number of benzene rings is 1. The van der Waals surface area contributed by atoms with Crippen molar-refractivity contribution in [2.24, 2.45) is 0 Å². The van der Waals surface area contributed by atoms with Crippen LogP contribution in [0.4, 0.5) is 11.6 Å². The summed E-state index contributed by atoms with van der Waals surface area (Å²) in [7, 11) is 0. The molecule has 5 nitrogen and oxygen atoms in total. The molecule has 0 atom stereocenters. The molecule has 0 saturated carbocycles. The molecule has 108 valence electrons. The number of fused-ring (bicyclic) bond motifs is 1. The van der Waals surface area contributed by atoms with E-state index in [0.717, 1.165) is 25.1 Å². The van der Waals surface area contributed by atoms with Gasteiger partial charge in [-0.2, -0.15) is 0 Å². The number of carbonyl (C=O) groups excluding carboxylic acids is 1. The first-order valence-electron chi connectivity index (χ1n) is 7.25. The fraction of sp³-hybridized carbons (Fsp3) is 0.312. The second-order valence-electron chi connectivity index (χ2n) is 5.06. The molecule has 0 aliphatic carbocycles. The lowest BCUT2D eigenvalue weighted by molar-refractivity contribution is 0.0988. The maximum absolute atomic E-state index is 12.6. The summed E-state index contributed by atoms with van der Waals surface area (Å²) in [6.45, 7) is 3.62. The van der Waals surface area contributed by atoms with Crippen LogP contribution in [0.5, 0.6) is 0 Å². The van der Waals surface area contributed by atoms with Crippen LogP contribution >= 0.6 is 0 Å². The average Bonchev–Trinajstić information content (AvgIpc) is 2.97. The highest BCUT2D eigenvalue weighted by atomic mass is 16.2. The van der Waals surface area contributed by atoms with Crippen LogP contribution in [0.3, 0.4) is 0 Å². The molecule has 1 aromatic carbocycles. The van der Waals surface area contributed by atoms with Crippen molar-refractivity contribution in [2.45, 2.75) is 19.8 Å². The predicted molar refractivity (Wildman–Crippen MR) is 82.6 cm³/mol. The molecule has 2 heterocycles. The van der Waals surface area contributed by atoms with Gasteiger partial charge in [0.2, 0.25) is 5.95 Å². The zero-order valence-electron chi connectivity index (χ0n) is 12.0. The summed E-state index contributed by atoms with van der Waals surface area (Å²) in [4.78, 5) is 22.7. The molecule has 1 N–H and O–H groups in total. The van der Waals surface area contributed by atoms with Gasteiger partial charge in [0, 0.05) is 31.2 Å². The van der Waals surface area contributed by atoms with Gasteiger partial charge in [0.1, 0.15) is 0 Å². The van der Waals surface area contributed by atoms with Crippen molar-refractivity contribution in [1.82, 2.24) is 9.97 Å². The quantitative estimate of drug-likeness (QED) is 0.936. The minimum absolute atomic E-state index is 0.0398.